The number of aryl methyl sites for hydroxylation is 15. The summed E-state index contributed by atoms with van der Waals surface area (Å²) in [5, 5.41) is 67.7. The third kappa shape index (κ3) is 15.8. The molecule has 0 bridgehead atoms. The second kappa shape index (κ2) is 31.9. The molecule has 558 valence electrons. The van der Waals surface area contributed by atoms with E-state index in [1.807, 2.05) is 140 Å². The summed E-state index contributed by atoms with van der Waals surface area (Å²) in [6.07, 6.45) is 2.36. The normalized spacial score (nSPS) is 12.2. The molecule has 0 saturated heterocycles. The summed E-state index contributed by atoms with van der Waals surface area (Å²) in [5.74, 6) is 0.0807. The molecule has 0 radical (unpaired) electrons. The highest BCUT2D eigenvalue weighted by atomic mass is 17.2. The Labute approximate surface area is 629 Å². The van der Waals surface area contributed by atoms with Crippen LogP contribution in [0.1, 0.15) is 200 Å². The molecule has 107 heavy (non-hydrogen) atoms. The molecule has 6 N–H and O–H groups in total. The average Bonchev–Trinajstić information content (AvgIpc) is 0.750. The number of ether oxygens (including phenoxy) is 4. The number of hydrogen-bond donors (Lipinski definition) is 6. The van der Waals surface area contributed by atoms with Gasteiger partial charge in [0.05, 0.1) is 7.11 Å². The maximum Gasteiger partial charge on any atom is 0.343 e. The fourth-order valence-corrected chi connectivity index (χ4v) is 15.3. The molecule has 0 aliphatic carbocycles. The predicted molar refractivity (Wildman–Crippen MR) is 419 cm³/mol. The first-order chi connectivity index (χ1) is 50.6. The molecule has 0 heterocycles. The van der Waals surface area contributed by atoms with Gasteiger partial charge in [-0.15, -0.1) is 9.78 Å². The van der Waals surface area contributed by atoms with Crippen LogP contribution in [-0.4, -0.2) is 63.9 Å². The molecule has 1 unspecified atom stereocenters. The number of carbonyl (C=O) groups excluding carboxylic acids is 1. The van der Waals surface area contributed by atoms with Crippen molar-refractivity contribution in [3.63, 3.8) is 0 Å². The van der Waals surface area contributed by atoms with Gasteiger partial charge in [-0.25, -0.2) is 4.79 Å². The van der Waals surface area contributed by atoms with Gasteiger partial charge in [-0.3, -0.25) is 0 Å². The van der Waals surface area contributed by atoms with Gasteiger partial charge in [-0.1, -0.05) is 112 Å². The minimum atomic E-state index is -1.15. The maximum absolute atomic E-state index is 13.4. The van der Waals surface area contributed by atoms with Crippen LogP contribution in [0.25, 0.3) is 0 Å². The molecule has 10 aromatic rings. The van der Waals surface area contributed by atoms with Gasteiger partial charge in [-0.2, -0.15) is 0 Å². The fourth-order valence-electron chi connectivity index (χ4n) is 15.3. The van der Waals surface area contributed by atoms with Crippen molar-refractivity contribution in [2.45, 2.75) is 153 Å². The molecule has 0 aliphatic rings. The topological polar surface area (TPSA) is 212 Å². The van der Waals surface area contributed by atoms with Crippen molar-refractivity contribution in [2.24, 2.45) is 0 Å². The summed E-state index contributed by atoms with van der Waals surface area (Å²) in [7, 11) is 1.32. The zero-order valence-corrected chi connectivity index (χ0v) is 65.0. The van der Waals surface area contributed by atoms with E-state index in [-0.39, 0.29) is 48.1 Å². The largest absolute Gasteiger partial charge is 0.508 e. The first-order valence-corrected chi connectivity index (χ1v) is 35.8. The van der Waals surface area contributed by atoms with Gasteiger partial charge in [0.1, 0.15) is 64.3 Å². The first-order valence-electron chi connectivity index (χ1n) is 35.8. The van der Waals surface area contributed by atoms with Crippen molar-refractivity contribution in [2.75, 3.05) is 27.3 Å². The molecule has 1 atom stereocenters. The molecule has 0 aliphatic heterocycles. The smallest absolute Gasteiger partial charge is 0.343 e. The van der Waals surface area contributed by atoms with Gasteiger partial charge in [0.25, 0.3) is 0 Å². The molecule has 0 spiro atoms. The van der Waals surface area contributed by atoms with E-state index in [0.29, 0.717) is 61.8 Å². The van der Waals surface area contributed by atoms with E-state index in [9.17, 15) is 35.4 Å². The summed E-state index contributed by atoms with van der Waals surface area (Å²) >= 11 is 0. The molecule has 10 aromatic carbocycles. The van der Waals surface area contributed by atoms with Crippen LogP contribution in [-0.2, 0) is 39.9 Å². The summed E-state index contributed by atoms with van der Waals surface area (Å²) in [5.41, 5.74) is 21.3. The van der Waals surface area contributed by atoms with Crippen LogP contribution in [0.4, 0.5) is 0 Å². The molecular weight excluding hydrogens is 1340 g/mol. The van der Waals surface area contributed by atoms with Crippen LogP contribution in [0.5, 0.6) is 51.7 Å². The standard InChI is InChI=1S/C92H100O15/c1-22-104-106-47-102-89-61(15)28-66(43-75(89)85(69-31-55(9)78(93)37-49(69)3)70-32-56(10)79(94)38-50(70)4)91(18,19)64-24-26-65(27-25-64)92(20,67-29-62(16)88(101-46-84(99)100-21)76(44-67)86(71-33-57(11)80(95)39-51(71)5)72-34-58(12)81(96)40-52(72)6)68-30-63(17)90(103-48-107-105-23-2)77(45-68)87(73-35-59(13)82(97)41-53(73)7)74-36-60(14)83(98)42-54(74)8/h22-45,85-87,93-98H,1-2,46-48H2,3-21H3. The number of carbonyl (C=O) groups is 1. The third-order valence-electron chi connectivity index (χ3n) is 21.6. The Morgan fingerprint density at radius 3 is 0.879 bits per heavy atom. The second-order valence-electron chi connectivity index (χ2n) is 29.4. The van der Waals surface area contributed by atoms with E-state index < -0.39 is 41.2 Å². The Morgan fingerprint density at radius 1 is 0.336 bits per heavy atom. The van der Waals surface area contributed by atoms with E-state index in [1.54, 1.807) is 36.4 Å². The Bertz CT molecular complexity index is 4910. The Morgan fingerprint density at radius 2 is 0.598 bits per heavy atom. The highest BCUT2D eigenvalue weighted by Gasteiger charge is 2.40. The average molecular weight is 1450 g/mol. The number of methoxy groups -OCH3 is 1. The number of rotatable bonds is 27. The van der Waals surface area contributed by atoms with Crippen LogP contribution in [0, 0.1) is 104 Å². The molecule has 0 aromatic heterocycles. The lowest BCUT2D eigenvalue weighted by molar-refractivity contribution is -0.282. The van der Waals surface area contributed by atoms with Crippen molar-refractivity contribution >= 4 is 5.97 Å². The van der Waals surface area contributed by atoms with Crippen LogP contribution in [0.2, 0.25) is 0 Å². The number of phenols is 6. The summed E-state index contributed by atoms with van der Waals surface area (Å²) in [6, 6.07) is 44.3. The SMILES string of the molecule is C=COOCOc1c(C)cc(C(C)(C)c2ccc(C(C)(c3cc(C)c(OCOOC=C)c(C(c4cc(C)c(O)cc4C)c4cc(C)c(O)cc4C)c3)c3cc(C)c(OCC(=O)OC)c(C(c4cc(C)c(O)cc4C)c4cc(C)c(O)cc4C)c3)cc2)cc1C(c1cc(C)c(O)cc1C)c1cc(C)c(O)cc1C. The minimum Gasteiger partial charge on any atom is -0.508 e. The third-order valence-corrected chi connectivity index (χ3v) is 21.6. The van der Waals surface area contributed by atoms with Crippen LogP contribution < -0.4 is 14.2 Å². The molecule has 0 amide bonds. The predicted octanol–water partition coefficient (Wildman–Crippen LogP) is 20.2. The minimum absolute atomic E-state index is 0.131. The number of esters is 1. The zero-order valence-electron chi connectivity index (χ0n) is 65.0. The van der Waals surface area contributed by atoms with Crippen molar-refractivity contribution in [3.05, 3.63) is 320 Å². The Kier molecular flexibility index (Phi) is 23.4. The summed E-state index contributed by atoms with van der Waals surface area (Å²) < 4.78 is 25.4. The number of phenolic OH excluding ortho intramolecular Hbond substituents is 6. The van der Waals surface area contributed by atoms with Crippen LogP contribution in [0.15, 0.2) is 159 Å². The lowest BCUT2D eigenvalue weighted by Gasteiger charge is -2.37. The number of aromatic hydroxyl groups is 6. The van der Waals surface area contributed by atoms with Gasteiger partial charge < -0.3 is 59.4 Å². The quantitative estimate of drug-likeness (QED) is 0.00538. The monoisotopic (exact) mass is 1440 g/mol. The van der Waals surface area contributed by atoms with E-state index in [1.165, 1.54) is 19.6 Å². The summed E-state index contributed by atoms with van der Waals surface area (Å²) in [4.78, 5) is 34.7. The maximum atomic E-state index is 13.4. The molecule has 0 saturated carbocycles. The molecule has 15 heteroatoms. The molecule has 15 nitrogen and oxygen atoms in total. The highest BCUT2D eigenvalue weighted by Crippen LogP contribution is 2.53. The lowest BCUT2D eigenvalue weighted by Crippen LogP contribution is -2.28. The number of hydrogen-bond acceptors (Lipinski definition) is 15. The van der Waals surface area contributed by atoms with Crippen molar-refractivity contribution in [1.29, 1.82) is 0 Å². The van der Waals surface area contributed by atoms with E-state index in [4.69, 9.17) is 38.5 Å². The molecular formula is C92H100O15. The van der Waals surface area contributed by atoms with Crippen LogP contribution in [0.3, 0.4) is 0 Å². The van der Waals surface area contributed by atoms with E-state index in [2.05, 4.69) is 94.6 Å². The van der Waals surface area contributed by atoms with Crippen molar-refractivity contribution in [3.8, 4) is 51.7 Å². The zero-order chi connectivity index (χ0) is 78.0. The van der Waals surface area contributed by atoms with Crippen LogP contribution >= 0.6 is 0 Å². The summed E-state index contributed by atoms with van der Waals surface area (Å²) in [6.45, 7) is 42.0. The second-order valence-corrected chi connectivity index (χ2v) is 29.4. The van der Waals surface area contributed by atoms with Gasteiger partial charge in [0, 0.05) is 45.3 Å². The van der Waals surface area contributed by atoms with Crippen molar-refractivity contribution in [1.82, 2.24) is 0 Å². The Balaban J connectivity index is 1.31. The molecule has 0 fully saturated rings. The van der Waals surface area contributed by atoms with E-state index in [0.717, 1.165) is 117 Å². The fraction of sp³-hybridized carbons (Fsp3) is 0.293. The van der Waals surface area contributed by atoms with Crippen molar-refractivity contribution < 1.29 is 73.9 Å². The first kappa shape index (κ1) is 78.5. The highest BCUT2D eigenvalue weighted by molar-refractivity contribution is 5.72. The van der Waals surface area contributed by atoms with Gasteiger partial charge in [0.2, 0.25) is 13.6 Å². The number of benzene rings is 10. The molecule has 10 rings (SSSR count). The van der Waals surface area contributed by atoms with Gasteiger partial charge in [0.15, 0.2) is 6.61 Å². The lowest BCUT2D eigenvalue weighted by atomic mass is 9.67. The van der Waals surface area contributed by atoms with Gasteiger partial charge in [-0.05, 0) is 304 Å². The van der Waals surface area contributed by atoms with Gasteiger partial charge >= 0.3 is 5.97 Å². The Hall–Kier alpha value is -11.1. The van der Waals surface area contributed by atoms with E-state index >= 15 is 0 Å².